The molecule has 1 nitrogen and oxygen atoms in total. The molecule has 1 radical (unpaired) electrons. The minimum atomic E-state index is 0. The fourth-order valence-corrected chi connectivity index (χ4v) is 0. The zero-order valence-electron chi connectivity index (χ0n) is 3.80. The molecule has 0 aliphatic carbocycles. The van der Waals surface area contributed by atoms with Crippen LogP contribution in [0, 0.1) is 0 Å². The molecule has 0 fully saturated rings. The molecule has 0 aromatic rings. The molecule has 0 atom stereocenters. The van der Waals surface area contributed by atoms with Crippen LogP contribution in [0.3, 0.4) is 0 Å². The predicted octanol–water partition coefficient (Wildman–Crippen LogP) is -3.39. The summed E-state index contributed by atoms with van der Waals surface area (Å²) in [7, 11) is 0. The van der Waals surface area contributed by atoms with Crippen molar-refractivity contribution in [3.63, 3.8) is 0 Å². The van der Waals surface area contributed by atoms with Gasteiger partial charge in [0.05, 0.1) is 0 Å². The Morgan fingerprint density at radius 1 is 1.20 bits per heavy atom. The summed E-state index contributed by atoms with van der Waals surface area (Å²) < 4.78 is 0. The quantitative estimate of drug-likeness (QED) is 0.374. The molecule has 0 unspecified atom stereocenters. The van der Waals surface area contributed by atoms with Crippen LogP contribution < -0.4 is 51.4 Å². The van der Waals surface area contributed by atoms with E-state index in [4.69, 9.17) is 0 Å². The molecule has 5 heteroatoms. The van der Waals surface area contributed by atoms with Crippen molar-refractivity contribution in [2.75, 3.05) is 0 Å². The summed E-state index contributed by atoms with van der Waals surface area (Å²) in [6, 6.07) is 0. The third kappa shape index (κ3) is 18.1. The maximum atomic E-state index is 0. The van der Waals surface area contributed by atoms with Crippen LogP contribution in [0.1, 0.15) is 1.43 Å². The molecule has 0 bridgehead atoms. The summed E-state index contributed by atoms with van der Waals surface area (Å²) in [5, 5.41) is 0. The first-order valence-corrected chi connectivity index (χ1v) is 0. The Morgan fingerprint density at radius 3 is 1.20 bits per heavy atom. The SMILES string of the molecule is [Ca+2].[Co].[Fe].[H-].[K+].[O-2]. The van der Waals surface area contributed by atoms with Gasteiger partial charge in [0.25, 0.3) is 0 Å². The molecule has 0 saturated carbocycles. The first kappa shape index (κ1) is 36.6. The standard InChI is InChI=1S/Ca.Co.Fe.K.O.H/q+2;;;+1;-2;-1. The Labute approximate surface area is 126 Å². The average molecular weight is 211 g/mol. The minimum absolute atomic E-state index is 0. The van der Waals surface area contributed by atoms with Crippen molar-refractivity contribution in [3.05, 3.63) is 0 Å². The number of hydrogen-bond donors (Lipinski definition) is 0. The van der Waals surface area contributed by atoms with Gasteiger partial charge in [-0.25, -0.2) is 0 Å². The summed E-state index contributed by atoms with van der Waals surface area (Å²) in [6.45, 7) is 0. The fourth-order valence-electron chi connectivity index (χ4n) is 0. The van der Waals surface area contributed by atoms with Gasteiger partial charge in [0.1, 0.15) is 0 Å². The van der Waals surface area contributed by atoms with Gasteiger partial charge in [-0.15, -0.1) is 0 Å². The zero-order chi connectivity index (χ0) is 0. The van der Waals surface area contributed by atoms with Gasteiger partial charge in [0.2, 0.25) is 0 Å². The van der Waals surface area contributed by atoms with Crippen LogP contribution in [0.15, 0.2) is 0 Å². The van der Waals surface area contributed by atoms with E-state index in [1.807, 2.05) is 0 Å². The van der Waals surface area contributed by atoms with E-state index in [0.29, 0.717) is 0 Å². The number of rotatable bonds is 0. The van der Waals surface area contributed by atoms with Crippen molar-refractivity contribution in [1.29, 1.82) is 0 Å². The van der Waals surface area contributed by atoms with Gasteiger partial charge in [0, 0.05) is 33.8 Å². The van der Waals surface area contributed by atoms with Gasteiger partial charge in [-0.05, 0) is 0 Å². The number of hydrogen-bond acceptors (Lipinski definition) is 0. The molecule has 0 rings (SSSR count). The van der Waals surface area contributed by atoms with Crippen LogP contribution in [0.5, 0.6) is 0 Å². The van der Waals surface area contributed by atoms with E-state index < -0.39 is 0 Å². The Bertz CT molecular complexity index is 15.5. The first-order chi connectivity index (χ1) is 0. The van der Waals surface area contributed by atoms with Crippen molar-refractivity contribution in [2.45, 2.75) is 0 Å². The molecular formula is HCaCoFeKO. The van der Waals surface area contributed by atoms with E-state index in [2.05, 4.69) is 0 Å². The first-order valence-electron chi connectivity index (χ1n) is 0. The second kappa shape index (κ2) is 24.8. The van der Waals surface area contributed by atoms with E-state index in [-0.39, 0.29) is 130 Å². The zero-order valence-corrected chi connectivity index (χ0v) is 10.3. The molecule has 0 aromatic carbocycles. The Hall–Kier alpha value is 3.88. The topological polar surface area (TPSA) is 28.5 Å². The molecule has 0 amide bonds. The molecule has 0 aliphatic rings. The summed E-state index contributed by atoms with van der Waals surface area (Å²) in [6.07, 6.45) is 0. The molecular weight excluding hydrogens is 210 g/mol. The normalized spacial score (nSPS) is 0. The third-order valence-corrected chi connectivity index (χ3v) is 0. The molecule has 5 heavy (non-hydrogen) atoms. The van der Waals surface area contributed by atoms with Gasteiger partial charge in [-0.1, -0.05) is 0 Å². The van der Waals surface area contributed by atoms with Gasteiger partial charge >= 0.3 is 89.1 Å². The van der Waals surface area contributed by atoms with Gasteiger partial charge < -0.3 is 6.90 Å². The van der Waals surface area contributed by atoms with Crippen LogP contribution in [-0.4, -0.2) is 37.7 Å². The van der Waals surface area contributed by atoms with Crippen LogP contribution in [0.2, 0.25) is 0 Å². The van der Waals surface area contributed by atoms with Gasteiger partial charge in [-0.3, -0.25) is 0 Å². The Balaban J connectivity index is 0. The second-order valence-corrected chi connectivity index (χ2v) is 0. The minimum Gasteiger partial charge on any atom is -2.00 e. The van der Waals surface area contributed by atoms with Crippen LogP contribution >= 0.6 is 0 Å². The second-order valence-electron chi connectivity index (χ2n) is 0. The monoisotopic (exact) mass is 211 g/mol. The van der Waals surface area contributed by atoms with Crippen molar-refractivity contribution < 1.29 is 92.1 Å². The molecule has 0 saturated heterocycles. The fraction of sp³-hybridized carbons (Fsp3) is 0. The van der Waals surface area contributed by atoms with E-state index >= 15 is 0 Å². The average Bonchev–Trinajstić information content (AvgIpc) is 0. The van der Waals surface area contributed by atoms with Crippen LogP contribution in [-0.2, 0) is 39.3 Å². The Kier molecular flexibility index (Phi) is 181. The summed E-state index contributed by atoms with van der Waals surface area (Å²) in [5.74, 6) is 0. The Morgan fingerprint density at radius 2 is 1.20 bits per heavy atom. The molecule has 0 aliphatic heterocycles. The van der Waals surface area contributed by atoms with E-state index in [1.54, 1.807) is 0 Å². The van der Waals surface area contributed by atoms with Crippen molar-refractivity contribution >= 4 is 37.7 Å². The van der Waals surface area contributed by atoms with Crippen LogP contribution in [0.25, 0.3) is 0 Å². The van der Waals surface area contributed by atoms with E-state index in [0.717, 1.165) is 0 Å². The molecule has 0 N–H and O–H groups in total. The third-order valence-electron chi connectivity index (χ3n) is 0. The largest absolute Gasteiger partial charge is 2.00 e. The van der Waals surface area contributed by atoms with E-state index in [1.165, 1.54) is 0 Å². The smallest absolute Gasteiger partial charge is 2.00 e. The molecule has 27 valence electrons. The van der Waals surface area contributed by atoms with Crippen molar-refractivity contribution in [1.82, 2.24) is 0 Å². The van der Waals surface area contributed by atoms with Crippen LogP contribution in [0.4, 0.5) is 0 Å². The predicted molar refractivity (Wildman–Crippen MR) is 7.55 cm³/mol. The molecule has 0 aromatic heterocycles. The summed E-state index contributed by atoms with van der Waals surface area (Å²) in [5.41, 5.74) is 0. The molecule has 0 heterocycles. The summed E-state index contributed by atoms with van der Waals surface area (Å²) in [4.78, 5) is 0. The van der Waals surface area contributed by atoms with E-state index in [9.17, 15) is 0 Å². The molecule has 0 spiro atoms. The summed E-state index contributed by atoms with van der Waals surface area (Å²) >= 11 is 0. The maximum absolute atomic E-state index is 0. The van der Waals surface area contributed by atoms with Crippen molar-refractivity contribution in [2.24, 2.45) is 0 Å². The maximum Gasteiger partial charge on any atom is 2.00 e. The van der Waals surface area contributed by atoms with Gasteiger partial charge in [0.15, 0.2) is 0 Å². The van der Waals surface area contributed by atoms with Gasteiger partial charge in [-0.2, -0.15) is 0 Å². The van der Waals surface area contributed by atoms with Crippen molar-refractivity contribution in [3.8, 4) is 0 Å².